The van der Waals surface area contributed by atoms with Gasteiger partial charge in [0.1, 0.15) is 0 Å². The lowest BCUT2D eigenvalue weighted by atomic mass is 9.92. The van der Waals surface area contributed by atoms with Crippen LogP contribution in [0.15, 0.2) is 30.3 Å². The molecule has 0 aromatic heterocycles. The highest BCUT2D eigenvalue weighted by Crippen LogP contribution is 2.33. The van der Waals surface area contributed by atoms with E-state index in [1.807, 2.05) is 30.3 Å². The SMILES string of the molecule is CCC(C(O)c1ccccc1)N1CC(C)(C)OC(C)(C)C1. The number of aliphatic hydroxyl groups is 1. The predicted octanol–water partition coefficient (Wildman–Crippen LogP) is 3.39. The first-order valence-electron chi connectivity index (χ1n) is 7.91. The van der Waals surface area contributed by atoms with Gasteiger partial charge in [-0.05, 0) is 39.7 Å². The van der Waals surface area contributed by atoms with Gasteiger partial charge >= 0.3 is 0 Å². The van der Waals surface area contributed by atoms with E-state index < -0.39 is 6.10 Å². The van der Waals surface area contributed by atoms with Gasteiger partial charge in [0, 0.05) is 19.1 Å². The first kappa shape index (κ1) is 16.5. The van der Waals surface area contributed by atoms with Gasteiger partial charge in [-0.2, -0.15) is 0 Å². The molecule has 0 saturated carbocycles. The molecule has 1 aromatic carbocycles. The summed E-state index contributed by atoms with van der Waals surface area (Å²) < 4.78 is 6.15. The van der Waals surface area contributed by atoms with Gasteiger partial charge in [0.15, 0.2) is 0 Å². The third kappa shape index (κ3) is 4.06. The number of aliphatic hydroxyl groups excluding tert-OH is 1. The molecule has 0 amide bonds. The molecule has 1 saturated heterocycles. The van der Waals surface area contributed by atoms with Crippen LogP contribution < -0.4 is 0 Å². The van der Waals surface area contributed by atoms with Gasteiger partial charge in [-0.15, -0.1) is 0 Å². The first-order chi connectivity index (χ1) is 9.74. The lowest BCUT2D eigenvalue weighted by Crippen LogP contribution is -2.60. The number of ether oxygens (including phenoxy) is 1. The van der Waals surface area contributed by atoms with E-state index in [1.165, 1.54) is 0 Å². The highest BCUT2D eigenvalue weighted by molar-refractivity contribution is 5.19. The molecule has 3 nitrogen and oxygen atoms in total. The van der Waals surface area contributed by atoms with Gasteiger partial charge in [-0.1, -0.05) is 37.3 Å². The molecule has 2 unspecified atom stereocenters. The molecule has 0 spiro atoms. The molecule has 1 aromatic rings. The Labute approximate surface area is 128 Å². The Balaban J connectivity index is 2.20. The summed E-state index contributed by atoms with van der Waals surface area (Å²) in [6, 6.07) is 10.1. The van der Waals surface area contributed by atoms with Crippen molar-refractivity contribution in [1.82, 2.24) is 4.90 Å². The average molecular weight is 291 g/mol. The zero-order chi connectivity index (χ0) is 15.7. The molecule has 1 N–H and O–H groups in total. The van der Waals surface area contributed by atoms with Crippen molar-refractivity contribution in [2.75, 3.05) is 13.1 Å². The van der Waals surface area contributed by atoms with Crippen molar-refractivity contribution < 1.29 is 9.84 Å². The molecule has 1 fully saturated rings. The maximum Gasteiger partial charge on any atom is 0.0945 e. The van der Waals surface area contributed by atoms with Crippen LogP contribution in [-0.4, -0.2) is 40.3 Å². The molecule has 1 aliphatic heterocycles. The standard InChI is InChI=1S/C18H29NO2/c1-6-15(16(20)14-10-8-7-9-11-14)19-12-17(2,3)21-18(4,5)13-19/h7-11,15-16,20H,6,12-13H2,1-5H3. The molecule has 1 heterocycles. The summed E-state index contributed by atoms with van der Waals surface area (Å²) >= 11 is 0. The van der Waals surface area contributed by atoms with E-state index in [-0.39, 0.29) is 17.2 Å². The maximum atomic E-state index is 10.8. The minimum Gasteiger partial charge on any atom is -0.387 e. The second-order valence-corrected chi connectivity index (χ2v) is 7.36. The van der Waals surface area contributed by atoms with Gasteiger partial charge in [-0.25, -0.2) is 0 Å². The summed E-state index contributed by atoms with van der Waals surface area (Å²) in [6.07, 6.45) is 0.461. The van der Waals surface area contributed by atoms with Crippen molar-refractivity contribution in [2.45, 2.75) is 64.4 Å². The highest BCUT2D eigenvalue weighted by Gasteiger charge is 2.41. The van der Waals surface area contributed by atoms with Crippen LogP contribution in [0.5, 0.6) is 0 Å². The van der Waals surface area contributed by atoms with E-state index in [1.54, 1.807) is 0 Å². The number of morpholine rings is 1. The van der Waals surface area contributed by atoms with Crippen molar-refractivity contribution in [3.8, 4) is 0 Å². The fourth-order valence-corrected chi connectivity index (χ4v) is 3.63. The third-order valence-corrected chi connectivity index (χ3v) is 4.11. The molecule has 118 valence electrons. The van der Waals surface area contributed by atoms with Crippen LogP contribution in [0, 0.1) is 0 Å². The Morgan fingerprint density at radius 3 is 2.10 bits per heavy atom. The van der Waals surface area contributed by atoms with E-state index in [4.69, 9.17) is 4.74 Å². The Morgan fingerprint density at radius 2 is 1.62 bits per heavy atom. The molecule has 0 radical (unpaired) electrons. The number of rotatable bonds is 4. The van der Waals surface area contributed by atoms with Gasteiger partial charge in [-0.3, -0.25) is 4.90 Å². The Bertz CT molecular complexity index is 440. The lowest BCUT2D eigenvalue weighted by Gasteiger charge is -2.50. The Morgan fingerprint density at radius 1 is 1.10 bits per heavy atom. The molecule has 1 aliphatic rings. The van der Waals surface area contributed by atoms with Crippen molar-refractivity contribution in [2.24, 2.45) is 0 Å². The Kier molecular flexibility index (Phi) is 4.76. The molecule has 2 atom stereocenters. The van der Waals surface area contributed by atoms with Crippen molar-refractivity contribution in [3.05, 3.63) is 35.9 Å². The maximum absolute atomic E-state index is 10.8. The van der Waals surface area contributed by atoms with Crippen LogP contribution >= 0.6 is 0 Å². The third-order valence-electron chi connectivity index (χ3n) is 4.11. The number of benzene rings is 1. The van der Waals surface area contributed by atoms with E-state index in [2.05, 4.69) is 39.5 Å². The molecular weight excluding hydrogens is 262 g/mol. The van der Waals surface area contributed by atoms with Crippen LogP contribution in [-0.2, 0) is 4.74 Å². The van der Waals surface area contributed by atoms with Crippen LogP contribution in [0.3, 0.4) is 0 Å². The van der Waals surface area contributed by atoms with Crippen molar-refractivity contribution >= 4 is 0 Å². The van der Waals surface area contributed by atoms with E-state index in [0.717, 1.165) is 25.1 Å². The second-order valence-electron chi connectivity index (χ2n) is 7.36. The van der Waals surface area contributed by atoms with Crippen molar-refractivity contribution in [1.29, 1.82) is 0 Å². The zero-order valence-corrected chi connectivity index (χ0v) is 14.0. The average Bonchev–Trinajstić information content (AvgIpc) is 2.37. The van der Waals surface area contributed by atoms with Crippen LogP contribution in [0.25, 0.3) is 0 Å². The minimum atomic E-state index is -0.458. The molecule has 2 rings (SSSR count). The van der Waals surface area contributed by atoms with E-state index in [0.29, 0.717) is 0 Å². The zero-order valence-electron chi connectivity index (χ0n) is 14.0. The van der Waals surface area contributed by atoms with Crippen LogP contribution in [0.2, 0.25) is 0 Å². The molecule has 0 bridgehead atoms. The Hall–Kier alpha value is -0.900. The monoisotopic (exact) mass is 291 g/mol. The fourth-order valence-electron chi connectivity index (χ4n) is 3.63. The lowest BCUT2D eigenvalue weighted by molar-refractivity contribution is -0.194. The molecular formula is C18H29NO2. The topological polar surface area (TPSA) is 32.7 Å². The highest BCUT2D eigenvalue weighted by atomic mass is 16.5. The van der Waals surface area contributed by atoms with Gasteiger partial charge in [0.25, 0.3) is 0 Å². The van der Waals surface area contributed by atoms with Gasteiger partial charge in [0.2, 0.25) is 0 Å². The quantitative estimate of drug-likeness (QED) is 0.923. The summed E-state index contributed by atoms with van der Waals surface area (Å²) in [5, 5.41) is 10.8. The summed E-state index contributed by atoms with van der Waals surface area (Å²) in [7, 11) is 0. The summed E-state index contributed by atoms with van der Waals surface area (Å²) in [5.74, 6) is 0. The summed E-state index contributed by atoms with van der Waals surface area (Å²) in [4.78, 5) is 2.39. The smallest absolute Gasteiger partial charge is 0.0945 e. The first-order valence-corrected chi connectivity index (χ1v) is 7.91. The number of hydrogen-bond acceptors (Lipinski definition) is 3. The number of nitrogens with zero attached hydrogens (tertiary/aromatic N) is 1. The molecule has 3 heteroatoms. The normalized spacial score (nSPS) is 24.5. The minimum absolute atomic E-state index is 0.120. The van der Waals surface area contributed by atoms with Crippen molar-refractivity contribution in [3.63, 3.8) is 0 Å². The van der Waals surface area contributed by atoms with Crippen LogP contribution in [0.1, 0.15) is 52.7 Å². The molecule has 21 heavy (non-hydrogen) atoms. The summed E-state index contributed by atoms with van der Waals surface area (Å²) in [6.45, 7) is 12.3. The van der Waals surface area contributed by atoms with Gasteiger partial charge in [0.05, 0.1) is 17.3 Å². The molecule has 0 aliphatic carbocycles. The van der Waals surface area contributed by atoms with E-state index >= 15 is 0 Å². The van der Waals surface area contributed by atoms with E-state index in [9.17, 15) is 5.11 Å². The summed E-state index contributed by atoms with van der Waals surface area (Å²) in [5.41, 5.74) is 0.614. The van der Waals surface area contributed by atoms with Crippen LogP contribution in [0.4, 0.5) is 0 Å². The largest absolute Gasteiger partial charge is 0.387 e. The van der Waals surface area contributed by atoms with Gasteiger partial charge < -0.3 is 9.84 Å². The second kappa shape index (κ2) is 6.07. The fraction of sp³-hybridized carbons (Fsp3) is 0.667. The number of hydrogen-bond donors (Lipinski definition) is 1. The predicted molar refractivity (Wildman–Crippen MR) is 86.3 cm³/mol.